The van der Waals surface area contributed by atoms with Gasteiger partial charge in [0.2, 0.25) is 5.95 Å². The third-order valence-corrected chi connectivity index (χ3v) is 11.0. The molecule has 7 N–H and O–H groups in total. The Bertz CT molecular complexity index is 1990. The maximum Gasteiger partial charge on any atom is 0.472 e. The van der Waals surface area contributed by atoms with Crippen LogP contribution >= 0.6 is 16.1 Å². The van der Waals surface area contributed by atoms with Crippen molar-refractivity contribution >= 4 is 50.2 Å². The SMILES string of the molecule is CO[C@H]1[C@H]2O[PH](=O)OC[C@@]34C[C@@H]3[C@@H](n3cnc5c(N)ncnc53)[C@H](O)[C@@H]4OP(=O)(O)OC[C@H]1O[C@H]2n1cnc2c(=O)[nH]c(N)nc21. The van der Waals surface area contributed by atoms with Crippen LogP contribution in [0.4, 0.5) is 11.8 Å². The lowest BCUT2D eigenvalue weighted by atomic mass is 10.0. The van der Waals surface area contributed by atoms with Crippen LogP contribution in [-0.4, -0.2) is 99.9 Å². The molecule has 4 fully saturated rings. The predicted octanol–water partition coefficient (Wildman–Crippen LogP) is -0.734. The van der Waals surface area contributed by atoms with E-state index in [4.69, 9.17) is 39.0 Å². The smallest absolute Gasteiger partial charge is 0.388 e. The Morgan fingerprint density at radius 2 is 1.96 bits per heavy atom. The van der Waals surface area contributed by atoms with Gasteiger partial charge < -0.3 is 40.0 Å². The second-order valence-electron chi connectivity index (χ2n) is 11.6. The fourth-order valence-corrected chi connectivity index (χ4v) is 8.99. The molecule has 21 nitrogen and oxygen atoms in total. The summed E-state index contributed by atoms with van der Waals surface area (Å²) in [6, 6.07) is -0.719. The molecule has 4 aromatic heterocycles. The van der Waals surface area contributed by atoms with Crippen molar-refractivity contribution in [3.05, 3.63) is 29.3 Å². The van der Waals surface area contributed by atoms with E-state index < -0.39 is 76.4 Å². The highest BCUT2D eigenvalue weighted by Gasteiger charge is 2.74. The number of aromatic nitrogens is 8. The number of imidazole rings is 2. The number of nitrogens with zero attached hydrogens (tertiary/aromatic N) is 7. The van der Waals surface area contributed by atoms with E-state index in [0.29, 0.717) is 17.6 Å². The molecule has 0 amide bonds. The second-order valence-corrected chi connectivity index (χ2v) is 14.0. The molecule has 1 spiro atoms. The number of hydrogen-bond acceptors (Lipinski definition) is 17. The average Bonchev–Trinajstić information content (AvgIpc) is 3.32. The van der Waals surface area contributed by atoms with Gasteiger partial charge in [0.15, 0.2) is 28.9 Å². The molecule has 2 unspecified atom stereocenters. The lowest BCUT2D eigenvalue weighted by Crippen LogP contribution is -2.38. The molecule has 246 valence electrons. The minimum Gasteiger partial charge on any atom is -0.388 e. The Morgan fingerprint density at radius 1 is 1.17 bits per heavy atom. The normalized spacial score (nSPS) is 39.4. The van der Waals surface area contributed by atoms with Crippen molar-refractivity contribution in [2.24, 2.45) is 11.3 Å². The van der Waals surface area contributed by atoms with Gasteiger partial charge in [0.25, 0.3) is 5.56 Å². The van der Waals surface area contributed by atoms with Gasteiger partial charge in [-0.3, -0.25) is 32.5 Å². The van der Waals surface area contributed by atoms with Gasteiger partial charge in [-0.15, -0.1) is 0 Å². The molecule has 0 radical (unpaired) electrons. The minimum absolute atomic E-state index is 0.0433. The molecule has 0 aromatic carbocycles. The molecule has 8 rings (SSSR count). The maximum atomic E-state index is 13.4. The monoisotopic (exact) mass is 682 g/mol. The molecule has 46 heavy (non-hydrogen) atoms. The molecule has 2 aliphatic carbocycles. The topological polar surface area (TPSA) is 289 Å². The second kappa shape index (κ2) is 10.6. The standard InChI is InChI=1S/C23H28N10O11P2/c1-39-14-9-3-41-46(37,38)44-16-13(34)12(32-6-28-10-17(24)26-5-27-18(10)32)8-2-23(8,16)4-40-45(36)43-15(14)21(42-9)33-7-29-11-19(33)30-22(25)31-20(11)35/h5-9,12-16,21,34,45H,2-4H2,1H3,(H,37,38)(H2,24,26,27)(H3,25,30,31,35)/t8-,9-,12-,13+,14-,15-,16+,21-,23+/m1/s1. The fraction of sp³-hybridized carbons (Fsp3) is 0.565. The third-order valence-electron chi connectivity index (χ3n) is 9.15. The number of hydrogen-bond donors (Lipinski definition) is 5. The summed E-state index contributed by atoms with van der Waals surface area (Å²) < 4.78 is 64.2. The number of ether oxygens (including phenoxy) is 2. The van der Waals surface area contributed by atoms with Crippen LogP contribution in [0.5, 0.6) is 0 Å². The Labute approximate surface area is 257 Å². The van der Waals surface area contributed by atoms with Crippen LogP contribution in [0.15, 0.2) is 23.8 Å². The molecule has 2 saturated carbocycles. The van der Waals surface area contributed by atoms with E-state index in [1.807, 2.05) is 0 Å². The zero-order valence-electron chi connectivity index (χ0n) is 23.8. The number of nitrogens with one attached hydrogen (secondary N) is 1. The van der Waals surface area contributed by atoms with Crippen LogP contribution in [0.2, 0.25) is 0 Å². The number of H-pyrrole nitrogens is 1. The van der Waals surface area contributed by atoms with Gasteiger partial charge in [-0.05, 0) is 12.3 Å². The number of phosphoric ester groups is 1. The maximum absolute atomic E-state index is 13.4. The van der Waals surface area contributed by atoms with Crippen molar-refractivity contribution in [3.63, 3.8) is 0 Å². The van der Waals surface area contributed by atoms with Gasteiger partial charge in [-0.2, -0.15) is 4.98 Å². The van der Waals surface area contributed by atoms with Crippen LogP contribution in [0.1, 0.15) is 18.7 Å². The number of nitrogens with two attached hydrogens (primary N) is 2. The number of aliphatic hydroxyl groups is 1. The highest BCUT2D eigenvalue weighted by Crippen LogP contribution is 2.71. The Morgan fingerprint density at radius 3 is 2.76 bits per heavy atom. The molecule has 2 saturated heterocycles. The van der Waals surface area contributed by atoms with E-state index in [2.05, 4.69) is 29.9 Å². The minimum atomic E-state index is -4.88. The number of aromatic amines is 1. The van der Waals surface area contributed by atoms with E-state index in [1.165, 1.54) is 30.7 Å². The van der Waals surface area contributed by atoms with Crippen LogP contribution in [0, 0.1) is 11.3 Å². The lowest BCUT2D eigenvalue weighted by Gasteiger charge is -2.29. The van der Waals surface area contributed by atoms with Gasteiger partial charge in [-0.25, -0.2) is 24.5 Å². The fourth-order valence-electron chi connectivity index (χ4n) is 7.04. The van der Waals surface area contributed by atoms with E-state index in [0.717, 1.165) is 0 Å². The Balaban J connectivity index is 1.13. The van der Waals surface area contributed by atoms with Crippen LogP contribution in [-0.2, 0) is 36.7 Å². The molecule has 6 heterocycles. The van der Waals surface area contributed by atoms with Gasteiger partial charge >= 0.3 is 16.1 Å². The van der Waals surface area contributed by atoms with Crippen molar-refractivity contribution in [2.75, 3.05) is 31.8 Å². The largest absolute Gasteiger partial charge is 0.472 e. The molecule has 4 aromatic rings. The van der Waals surface area contributed by atoms with Crippen LogP contribution < -0.4 is 17.0 Å². The number of rotatable bonds is 3. The summed E-state index contributed by atoms with van der Waals surface area (Å²) in [4.78, 5) is 46.3. The first-order chi connectivity index (χ1) is 22.0. The molecular formula is C23H28N10O11P2. The van der Waals surface area contributed by atoms with Crippen LogP contribution in [0.25, 0.3) is 22.3 Å². The van der Waals surface area contributed by atoms with Gasteiger partial charge in [0.05, 0.1) is 31.9 Å². The Kier molecular flexibility index (Phi) is 6.90. The van der Waals surface area contributed by atoms with Crippen molar-refractivity contribution in [2.45, 2.75) is 49.2 Å². The van der Waals surface area contributed by atoms with Crippen molar-refractivity contribution in [1.82, 2.24) is 39.0 Å². The average molecular weight is 682 g/mol. The third kappa shape index (κ3) is 4.54. The highest BCUT2D eigenvalue weighted by molar-refractivity contribution is 7.47. The number of anilines is 2. The molecule has 2 aliphatic heterocycles. The summed E-state index contributed by atoms with van der Waals surface area (Å²) in [6.07, 6.45) is -2.68. The van der Waals surface area contributed by atoms with Crippen molar-refractivity contribution in [3.8, 4) is 0 Å². The summed E-state index contributed by atoms with van der Waals surface area (Å²) >= 11 is 0. The van der Waals surface area contributed by atoms with E-state index in [1.54, 1.807) is 4.57 Å². The number of nitrogen functional groups attached to an aromatic ring is 2. The summed E-state index contributed by atoms with van der Waals surface area (Å²) in [5.74, 6) is -0.404. The molecular weight excluding hydrogens is 654 g/mol. The predicted molar refractivity (Wildman–Crippen MR) is 153 cm³/mol. The number of phosphoric acid groups is 1. The quantitative estimate of drug-likeness (QED) is 0.166. The van der Waals surface area contributed by atoms with Crippen LogP contribution in [0.3, 0.4) is 0 Å². The van der Waals surface area contributed by atoms with Crippen molar-refractivity contribution in [1.29, 1.82) is 0 Å². The first-order valence-electron chi connectivity index (χ1n) is 14.0. The molecule has 2 bridgehead atoms. The first-order valence-corrected chi connectivity index (χ1v) is 16.7. The first kappa shape index (κ1) is 30.0. The van der Waals surface area contributed by atoms with Gasteiger partial charge in [0.1, 0.15) is 42.4 Å². The zero-order chi connectivity index (χ0) is 32.1. The van der Waals surface area contributed by atoms with Crippen molar-refractivity contribution < 1.29 is 46.7 Å². The highest BCUT2D eigenvalue weighted by atomic mass is 31.2. The number of aliphatic hydroxyl groups excluding tert-OH is 1. The zero-order valence-corrected chi connectivity index (χ0v) is 25.7. The lowest BCUT2D eigenvalue weighted by molar-refractivity contribution is -0.0655. The van der Waals surface area contributed by atoms with E-state index in [-0.39, 0.29) is 35.5 Å². The number of fused-ring (bicyclic) bond motifs is 4. The van der Waals surface area contributed by atoms with Gasteiger partial charge in [0, 0.05) is 12.5 Å². The van der Waals surface area contributed by atoms with E-state index >= 15 is 0 Å². The molecule has 23 heteroatoms. The summed E-state index contributed by atoms with van der Waals surface area (Å²) in [7, 11) is -6.86. The molecule has 11 atom stereocenters. The summed E-state index contributed by atoms with van der Waals surface area (Å²) in [6.45, 7) is -0.809. The Hall–Kier alpha value is -3.36. The molecule has 4 aliphatic rings. The number of methoxy groups -OCH3 is 1. The summed E-state index contributed by atoms with van der Waals surface area (Å²) in [5.41, 5.74) is 10.7. The van der Waals surface area contributed by atoms with Gasteiger partial charge in [-0.1, -0.05) is 0 Å². The van der Waals surface area contributed by atoms with E-state index in [9.17, 15) is 23.9 Å². The summed E-state index contributed by atoms with van der Waals surface area (Å²) in [5, 5.41) is 11.5.